The highest BCUT2D eigenvalue weighted by atomic mass is 35.5. The Morgan fingerprint density at radius 3 is 2.71 bits per heavy atom. The molecule has 2 fully saturated rings. The third kappa shape index (κ3) is 5.52. The number of carbonyl (C=O) groups is 1. The summed E-state index contributed by atoms with van der Waals surface area (Å²) in [5.41, 5.74) is 3.53. The minimum absolute atomic E-state index is 0.116. The number of piperazine rings is 1. The molecule has 4 aromatic rings. The standard InChI is InChI=1S/C34H41ClFN7O2/c1-8-27(44)42-15-21(6)43(16-20(42)5)33-24-14-25(35)30(28-19(4)11-12-26-29(28)22(7)39-40-26)31(36)32(24)37-34(38-33)45-17-23-10-9-13-41(23)18(2)3/h8,11-12,14,18,20-21,23H,1,9-10,13,15-17H2,2-7H3,(H,39,40)/t20-,21+,23+/m1/s1. The Morgan fingerprint density at radius 1 is 1.20 bits per heavy atom. The van der Waals surface area contributed by atoms with Crippen LogP contribution in [0.3, 0.4) is 0 Å². The summed E-state index contributed by atoms with van der Waals surface area (Å²) in [6.45, 7) is 18.3. The summed E-state index contributed by atoms with van der Waals surface area (Å²) in [6.07, 6.45) is 3.47. The summed E-state index contributed by atoms with van der Waals surface area (Å²) in [5.74, 6) is -0.114. The van der Waals surface area contributed by atoms with E-state index in [0.29, 0.717) is 42.5 Å². The van der Waals surface area contributed by atoms with Gasteiger partial charge in [-0.15, -0.1) is 0 Å². The molecule has 2 aromatic heterocycles. The van der Waals surface area contributed by atoms with Crippen LogP contribution in [0.2, 0.25) is 5.02 Å². The fraction of sp³-hybridized carbons (Fsp3) is 0.471. The zero-order valence-corrected chi connectivity index (χ0v) is 27.6. The number of benzene rings is 2. The van der Waals surface area contributed by atoms with Crippen LogP contribution in [0.4, 0.5) is 10.2 Å². The van der Waals surface area contributed by atoms with Gasteiger partial charge in [-0.1, -0.05) is 24.2 Å². The second-order valence-corrected chi connectivity index (χ2v) is 13.2. The van der Waals surface area contributed by atoms with E-state index < -0.39 is 5.82 Å². The molecule has 2 saturated heterocycles. The number of aryl methyl sites for hydroxylation is 2. The van der Waals surface area contributed by atoms with Gasteiger partial charge in [0.25, 0.3) is 0 Å². The molecular weight excluding hydrogens is 593 g/mol. The van der Waals surface area contributed by atoms with Gasteiger partial charge in [-0.2, -0.15) is 15.1 Å². The molecule has 238 valence electrons. The van der Waals surface area contributed by atoms with Gasteiger partial charge < -0.3 is 14.5 Å². The molecule has 6 rings (SSSR count). The molecule has 0 saturated carbocycles. The van der Waals surface area contributed by atoms with Gasteiger partial charge in [0.1, 0.15) is 17.9 Å². The number of nitrogens with zero attached hydrogens (tertiary/aromatic N) is 6. The number of H-pyrrole nitrogens is 1. The summed E-state index contributed by atoms with van der Waals surface area (Å²) >= 11 is 6.98. The Hall–Kier alpha value is -3.76. The van der Waals surface area contributed by atoms with E-state index in [-0.39, 0.29) is 46.1 Å². The van der Waals surface area contributed by atoms with Crippen molar-refractivity contribution < 1.29 is 13.9 Å². The summed E-state index contributed by atoms with van der Waals surface area (Å²) in [6, 6.07) is 6.11. The molecule has 9 nitrogen and oxygen atoms in total. The van der Waals surface area contributed by atoms with Crippen molar-refractivity contribution in [1.82, 2.24) is 30.0 Å². The summed E-state index contributed by atoms with van der Waals surface area (Å²) in [4.78, 5) is 28.5. The average Bonchev–Trinajstić information content (AvgIpc) is 3.64. The molecule has 0 spiro atoms. The SMILES string of the molecule is C=CC(=O)N1C[C@H](C)N(c2nc(OC[C@@H]3CCCN3C(C)C)nc3c(F)c(-c4c(C)ccc5n[nH]c(C)c45)c(Cl)cc23)C[C@H]1C. The zero-order valence-electron chi connectivity index (χ0n) is 26.8. The summed E-state index contributed by atoms with van der Waals surface area (Å²) < 4.78 is 23.3. The first-order chi connectivity index (χ1) is 21.5. The van der Waals surface area contributed by atoms with Crippen molar-refractivity contribution in [2.75, 3.05) is 31.1 Å². The molecule has 4 heterocycles. The molecule has 0 unspecified atom stereocenters. The van der Waals surface area contributed by atoms with E-state index in [2.05, 4.69) is 40.4 Å². The minimum atomic E-state index is -0.534. The number of likely N-dealkylation sites (tertiary alicyclic amines) is 1. The van der Waals surface area contributed by atoms with E-state index in [1.807, 2.05) is 39.8 Å². The molecule has 3 atom stereocenters. The monoisotopic (exact) mass is 633 g/mol. The van der Waals surface area contributed by atoms with Gasteiger partial charge in [0.15, 0.2) is 5.82 Å². The first-order valence-corrected chi connectivity index (χ1v) is 16.1. The molecule has 45 heavy (non-hydrogen) atoms. The van der Waals surface area contributed by atoms with E-state index in [1.165, 1.54) is 6.08 Å². The third-order valence-corrected chi connectivity index (χ3v) is 9.71. The Kier molecular flexibility index (Phi) is 8.47. The highest BCUT2D eigenvalue weighted by Crippen LogP contribution is 2.43. The van der Waals surface area contributed by atoms with Gasteiger partial charge in [-0.05, 0) is 84.7 Å². The fourth-order valence-electron chi connectivity index (χ4n) is 7.10. The molecule has 2 aromatic carbocycles. The number of aromatic nitrogens is 4. The van der Waals surface area contributed by atoms with Crippen LogP contribution in [-0.2, 0) is 4.79 Å². The molecule has 1 N–H and O–H groups in total. The van der Waals surface area contributed by atoms with Crippen LogP contribution in [0.25, 0.3) is 32.9 Å². The molecule has 2 aliphatic heterocycles. The molecular formula is C34H41ClFN7O2. The maximum Gasteiger partial charge on any atom is 0.319 e. The zero-order chi connectivity index (χ0) is 32.2. The van der Waals surface area contributed by atoms with Crippen LogP contribution in [0, 0.1) is 19.7 Å². The number of hydrogen-bond donors (Lipinski definition) is 1. The predicted octanol–water partition coefficient (Wildman–Crippen LogP) is 6.45. The highest BCUT2D eigenvalue weighted by molar-refractivity contribution is 6.35. The molecule has 2 aliphatic rings. The number of ether oxygens (including phenoxy) is 1. The first-order valence-electron chi connectivity index (χ1n) is 15.7. The second kappa shape index (κ2) is 12.2. The minimum Gasteiger partial charge on any atom is -0.462 e. The quantitative estimate of drug-likeness (QED) is 0.234. The van der Waals surface area contributed by atoms with Crippen LogP contribution in [-0.4, -0.2) is 86.3 Å². The van der Waals surface area contributed by atoms with Gasteiger partial charge in [-0.25, -0.2) is 4.39 Å². The number of nitrogens with one attached hydrogen (secondary N) is 1. The van der Waals surface area contributed by atoms with Gasteiger partial charge in [0, 0.05) is 64.9 Å². The Labute approximate surface area is 268 Å². The maximum absolute atomic E-state index is 17.0. The number of aromatic amines is 1. The summed E-state index contributed by atoms with van der Waals surface area (Å²) in [5, 5.41) is 9.00. The van der Waals surface area contributed by atoms with Crippen molar-refractivity contribution in [3.63, 3.8) is 0 Å². The van der Waals surface area contributed by atoms with Crippen LogP contribution in [0.15, 0.2) is 30.9 Å². The number of anilines is 1. The van der Waals surface area contributed by atoms with E-state index in [9.17, 15) is 4.79 Å². The lowest BCUT2D eigenvalue weighted by atomic mass is 9.94. The normalized spacial score (nSPS) is 21.0. The molecule has 0 bridgehead atoms. The first kappa shape index (κ1) is 31.2. The van der Waals surface area contributed by atoms with Gasteiger partial charge in [0.2, 0.25) is 5.91 Å². The van der Waals surface area contributed by atoms with Gasteiger partial charge in [0.05, 0.1) is 10.5 Å². The van der Waals surface area contributed by atoms with Crippen molar-refractivity contribution in [1.29, 1.82) is 0 Å². The number of amides is 1. The van der Waals surface area contributed by atoms with Crippen LogP contribution < -0.4 is 9.64 Å². The van der Waals surface area contributed by atoms with E-state index in [1.54, 1.807) is 11.0 Å². The van der Waals surface area contributed by atoms with Crippen LogP contribution in [0.1, 0.15) is 51.8 Å². The van der Waals surface area contributed by atoms with Crippen molar-refractivity contribution in [2.24, 2.45) is 0 Å². The highest BCUT2D eigenvalue weighted by Gasteiger charge is 2.34. The van der Waals surface area contributed by atoms with Crippen molar-refractivity contribution in [3.05, 3.63) is 53.0 Å². The smallest absolute Gasteiger partial charge is 0.319 e. The number of carbonyl (C=O) groups excluding carboxylic acids is 1. The fourth-order valence-corrected chi connectivity index (χ4v) is 7.38. The number of fused-ring (bicyclic) bond motifs is 2. The second-order valence-electron chi connectivity index (χ2n) is 12.8. The van der Waals surface area contributed by atoms with E-state index in [4.69, 9.17) is 26.3 Å². The number of rotatable bonds is 7. The molecule has 0 radical (unpaired) electrons. The predicted molar refractivity (Wildman–Crippen MR) is 178 cm³/mol. The molecule has 0 aliphatic carbocycles. The van der Waals surface area contributed by atoms with Crippen molar-refractivity contribution >= 4 is 45.1 Å². The number of hydrogen-bond acceptors (Lipinski definition) is 7. The Balaban J connectivity index is 1.50. The largest absolute Gasteiger partial charge is 0.462 e. The molecule has 1 amide bonds. The molecule has 11 heteroatoms. The maximum atomic E-state index is 17.0. The van der Waals surface area contributed by atoms with E-state index >= 15 is 4.39 Å². The average molecular weight is 634 g/mol. The van der Waals surface area contributed by atoms with Gasteiger partial charge in [-0.3, -0.25) is 14.8 Å². The van der Waals surface area contributed by atoms with E-state index in [0.717, 1.165) is 41.5 Å². The van der Waals surface area contributed by atoms with Crippen molar-refractivity contribution in [2.45, 2.75) is 78.6 Å². The lowest BCUT2D eigenvalue weighted by Crippen LogP contribution is -2.58. The Morgan fingerprint density at radius 2 is 1.98 bits per heavy atom. The van der Waals surface area contributed by atoms with Crippen LogP contribution >= 0.6 is 11.6 Å². The van der Waals surface area contributed by atoms with Crippen LogP contribution in [0.5, 0.6) is 6.01 Å². The lowest BCUT2D eigenvalue weighted by Gasteiger charge is -2.44. The summed E-state index contributed by atoms with van der Waals surface area (Å²) in [7, 11) is 0. The van der Waals surface area contributed by atoms with Crippen molar-refractivity contribution in [3.8, 4) is 17.1 Å². The third-order valence-electron chi connectivity index (χ3n) is 9.41. The Bertz CT molecular complexity index is 1790. The van der Waals surface area contributed by atoms with Gasteiger partial charge >= 0.3 is 6.01 Å². The topological polar surface area (TPSA) is 90.5 Å². The number of halogens is 2. The lowest BCUT2D eigenvalue weighted by molar-refractivity contribution is -0.128.